The van der Waals surface area contributed by atoms with Crippen molar-refractivity contribution in [2.75, 3.05) is 43.0 Å². The number of aromatic nitrogens is 4. The first kappa shape index (κ1) is 25.0. The molecule has 11 heteroatoms. The Labute approximate surface area is 224 Å². The summed E-state index contributed by atoms with van der Waals surface area (Å²) in [5, 5.41) is 8.27. The third-order valence-corrected chi connectivity index (χ3v) is 7.25. The summed E-state index contributed by atoms with van der Waals surface area (Å²) >= 11 is 6.01. The SMILES string of the molecule is FC(F)c1cc2ccccc2n1-c1nc(C2CNCCO2)nc(N2CCC(Nc3ccc(Cl)cc3)CC2)n1. The third-order valence-electron chi connectivity index (χ3n) is 7.00. The van der Waals surface area contributed by atoms with Crippen LogP contribution >= 0.6 is 11.6 Å². The van der Waals surface area contributed by atoms with E-state index in [9.17, 15) is 8.78 Å². The number of nitrogens with zero attached hydrogens (tertiary/aromatic N) is 5. The molecule has 2 saturated heterocycles. The molecule has 2 N–H and O–H groups in total. The van der Waals surface area contributed by atoms with Gasteiger partial charge in [0.1, 0.15) is 6.10 Å². The van der Waals surface area contributed by atoms with Crippen LogP contribution in [0.3, 0.4) is 0 Å². The molecule has 4 aromatic rings. The average molecular weight is 540 g/mol. The Morgan fingerprint density at radius 1 is 1.00 bits per heavy atom. The lowest BCUT2D eigenvalue weighted by molar-refractivity contribution is 0.0220. The molecule has 2 aliphatic heterocycles. The molecule has 0 saturated carbocycles. The molecule has 2 fully saturated rings. The smallest absolute Gasteiger partial charge is 0.278 e. The molecule has 0 radical (unpaired) electrons. The highest BCUT2D eigenvalue weighted by molar-refractivity contribution is 6.30. The number of rotatable bonds is 6. The number of ether oxygens (including phenoxy) is 1. The van der Waals surface area contributed by atoms with Crippen molar-refractivity contribution >= 4 is 34.1 Å². The van der Waals surface area contributed by atoms with E-state index in [1.807, 2.05) is 42.5 Å². The van der Waals surface area contributed by atoms with Gasteiger partial charge in [-0.1, -0.05) is 29.8 Å². The van der Waals surface area contributed by atoms with Gasteiger partial charge < -0.3 is 20.3 Å². The van der Waals surface area contributed by atoms with E-state index in [1.165, 1.54) is 10.6 Å². The highest BCUT2D eigenvalue weighted by atomic mass is 35.5. The van der Waals surface area contributed by atoms with Gasteiger partial charge in [-0.05, 0) is 49.2 Å². The Morgan fingerprint density at radius 2 is 1.76 bits per heavy atom. The lowest BCUT2D eigenvalue weighted by Crippen LogP contribution is -2.40. The van der Waals surface area contributed by atoms with E-state index >= 15 is 0 Å². The highest BCUT2D eigenvalue weighted by Crippen LogP contribution is 2.31. The maximum atomic E-state index is 14.2. The summed E-state index contributed by atoms with van der Waals surface area (Å²) in [7, 11) is 0. The number of halogens is 3. The number of benzene rings is 2. The van der Waals surface area contributed by atoms with Crippen molar-refractivity contribution < 1.29 is 13.5 Å². The first-order valence-electron chi connectivity index (χ1n) is 12.8. The fraction of sp³-hybridized carbons (Fsp3) is 0.370. The lowest BCUT2D eigenvalue weighted by Gasteiger charge is -2.33. The van der Waals surface area contributed by atoms with Crippen molar-refractivity contribution in [2.45, 2.75) is 31.4 Å². The van der Waals surface area contributed by atoms with E-state index < -0.39 is 6.43 Å². The zero-order valence-corrected chi connectivity index (χ0v) is 21.4. The molecule has 0 aliphatic carbocycles. The normalized spacial score (nSPS) is 18.8. The van der Waals surface area contributed by atoms with Crippen molar-refractivity contribution in [3.05, 3.63) is 71.1 Å². The van der Waals surface area contributed by atoms with E-state index in [2.05, 4.69) is 20.5 Å². The Balaban J connectivity index is 1.32. The van der Waals surface area contributed by atoms with Crippen LogP contribution in [0.15, 0.2) is 54.6 Å². The van der Waals surface area contributed by atoms with Gasteiger partial charge in [0.05, 0.1) is 17.8 Å². The second kappa shape index (κ2) is 10.8. The number of alkyl halides is 2. The second-order valence-electron chi connectivity index (χ2n) is 9.53. The second-order valence-corrected chi connectivity index (χ2v) is 9.97. The minimum atomic E-state index is -2.69. The van der Waals surface area contributed by atoms with Gasteiger partial charge in [0.25, 0.3) is 6.43 Å². The van der Waals surface area contributed by atoms with Crippen LogP contribution in [0.1, 0.15) is 36.9 Å². The van der Waals surface area contributed by atoms with Gasteiger partial charge in [0, 0.05) is 48.3 Å². The monoisotopic (exact) mass is 539 g/mol. The average Bonchev–Trinajstić information content (AvgIpc) is 3.35. The molecule has 0 bridgehead atoms. The lowest BCUT2D eigenvalue weighted by atomic mass is 10.0. The van der Waals surface area contributed by atoms with Crippen LogP contribution in [0.5, 0.6) is 0 Å². The number of para-hydroxylation sites is 1. The number of hydrogen-bond donors (Lipinski definition) is 2. The molecule has 2 aliphatic rings. The van der Waals surface area contributed by atoms with Crippen molar-refractivity contribution in [1.29, 1.82) is 0 Å². The highest BCUT2D eigenvalue weighted by Gasteiger charge is 2.27. The largest absolute Gasteiger partial charge is 0.382 e. The molecule has 38 heavy (non-hydrogen) atoms. The number of piperidine rings is 1. The Kier molecular flexibility index (Phi) is 7.10. The topological polar surface area (TPSA) is 80.1 Å². The molecule has 6 rings (SSSR count). The Morgan fingerprint density at radius 3 is 2.50 bits per heavy atom. The van der Waals surface area contributed by atoms with Gasteiger partial charge in [-0.15, -0.1) is 0 Å². The summed E-state index contributed by atoms with van der Waals surface area (Å²) < 4.78 is 35.7. The Bertz CT molecular complexity index is 1400. The van der Waals surface area contributed by atoms with Gasteiger partial charge in [0.15, 0.2) is 5.82 Å². The minimum absolute atomic E-state index is 0.150. The van der Waals surface area contributed by atoms with Crippen LogP contribution in [0.4, 0.5) is 20.4 Å². The maximum absolute atomic E-state index is 14.2. The van der Waals surface area contributed by atoms with Crippen LogP contribution in [0, 0.1) is 0 Å². The zero-order chi connectivity index (χ0) is 26.1. The van der Waals surface area contributed by atoms with Gasteiger partial charge >= 0.3 is 0 Å². The fourth-order valence-electron chi connectivity index (χ4n) is 5.05. The zero-order valence-electron chi connectivity index (χ0n) is 20.7. The van der Waals surface area contributed by atoms with E-state index in [4.69, 9.17) is 26.3 Å². The van der Waals surface area contributed by atoms with Crippen molar-refractivity contribution in [3.8, 4) is 5.95 Å². The predicted octanol–water partition coefficient (Wildman–Crippen LogP) is 5.15. The number of hydrogen-bond acceptors (Lipinski definition) is 7. The summed E-state index contributed by atoms with van der Waals surface area (Å²) in [5.41, 5.74) is 1.50. The summed E-state index contributed by atoms with van der Waals surface area (Å²) in [6.07, 6.45) is -1.33. The molecular weight excluding hydrogens is 512 g/mol. The van der Waals surface area contributed by atoms with Gasteiger partial charge in [-0.25, -0.2) is 8.78 Å². The molecule has 8 nitrogen and oxygen atoms in total. The minimum Gasteiger partial charge on any atom is -0.382 e. The molecule has 4 heterocycles. The summed E-state index contributed by atoms with van der Waals surface area (Å²) in [6.45, 7) is 3.24. The standard InChI is InChI=1S/C27H28ClF2N7O/c28-18-5-7-19(8-6-18)32-20-9-12-36(13-10-20)26-33-25(23-16-31-11-14-38-23)34-27(35-26)37-21-4-2-1-3-17(21)15-22(37)24(29)30/h1-8,15,20,23-24,31-32H,9-14,16H2. The quantitative estimate of drug-likeness (QED) is 0.351. The van der Waals surface area contributed by atoms with E-state index in [0.29, 0.717) is 53.9 Å². The van der Waals surface area contributed by atoms with Crippen LogP contribution in [-0.4, -0.2) is 58.3 Å². The molecule has 1 unspecified atom stereocenters. The van der Waals surface area contributed by atoms with E-state index in [1.54, 1.807) is 6.07 Å². The van der Waals surface area contributed by atoms with Gasteiger partial charge in [0.2, 0.25) is 11.9 Å². The van der Waals surface area contributed by atoms with Gasteiger partial charge in [-0.2, -0.15) is 15.0 Å². The number of fused-ring (bicyclic) bond motifs is 1. The number of nitrogens with one attached hydrogen (secondary N) is 2. The molecule has 198 valence electrons. The molecular formula is C27H28ClF2N7O. The molecule has 2 aromatic heterocycles. The first-order valence-corrected chi connectivity index (χ1v) is 13.2. The van der Waals surface area contributed by atoms with E-state index in [0.717, 1.165) is 25.1 Å². The van der Waals surface area contributed by atoms with E-state index in [-0.39, 0.29) is 23.8 Å². The predicted molar refractivity (Wildman–Crippen MR) is 143 cm³/mol. The maximum Gasteiger partial charge on any atom is 0.278 e. The Hall–Kier alpha value is -3.34. The van der Waals surface area contributed by atoms with Crippen LogP contribution < -0.4 is 15.5 Å². The summed E-state index contributed by atoms with van der Waals surface area (Å²) in [6, 6.07) is 16.7. The van der Waals surface area contributed by atoms with Crippen molar-refractivity contribution in [1.82, 2.24) is 24.8 Å². The van der Waals surface area contributed by atoms with Crippen LogP contribution in [-0.2, 0) is 4.74 Å². The first-order chi connectivity index (χ1) is 18.5. The van der Waals surface area contributed by atoms with Gasteiger partial charge in [-0.3, -0.25) is 4.57 Å². The van der Waals surface area contributed by atoms with Crippen molar-refractivity contribution in [3.63, 3.8) is 0 Å². The molecule has 0 amide bonds. The fourth-order valence-corrected chi connectivity index (χ4v) is 5.18. The molecule has 1 atom stereocenters. The molecule has 0 spiro atoms. The number of anilines is 2. The summed E-state index contributed by atoms with van der Waals surface area (Å²) in [4.78, 5) is 16.2. The summed E-state index contributed by atoms with van der Waals surface area (Å²) in [5.74, 6) is 1.09. The van der Waals surface area contributed by atoms with Crippen LogP contribution in [0.2, 0.25) is 5.02 Å². The number of morpholine rings is 1. The molecule has 2 aromatic carbocycles. The van der Waals surface area contributed by atoms with Crippen molar-refractivity contribution in [2.24, 2.45) is 0 Å². The van der Waals surface area contributed by atoms with Crippen LogP contribution in [0.25, 0.3) is 16.9 Å². The third kappa shape index (κ3) is 5.16.